The van der Waals surface area contributed by atoms with E-state index in [0.717, 1.165) is 56.6 Å². The average Bonchev–Trinajstić information content (AvgIpc) is 4.54. The maximum atomic E-state index is 11.1. The standard InChI is InChI=1S/C8H10O3.C7H11NO.2C6H10N2O.C6H10N2S.2C6H9NOS.2C5H11NO.C4H8N4/c1-5(2)6-3-11-4-7(9)8(6)10;1-5(2)7-4-6(3)8-9-7;3*1-4(2)6-7-5(3)9-8-6;1-4(2)6-5(8)3-9-7-6;1-4(2)5-3-6(8)7-9-5;2*1-4(2)5(7)6-3;1-3(2)4-5-7-8-6-4/h3-5,9H,1-2H3;4-5H,1-3H3;3*4H,3H2,1-2H3,(H,7,8);3-4,8H,1-2H3;3-4H,1-2H3,(H,7,8);2*4H,1-3H3,(H,6,7);3H,1-2H3,(H,5,6,7,8). The molecule has 28 heteroatoms. The fraction of sp³-hybridized carbons (Fsp3) is 0.559. The van der Waals surface area contributed by atoms with Crippen molar-refractivity contribution in [3.05, 3.63) is 121 Å². The van der Waals surface area contributed by atoms with Crippen LogP contribution in [0.25, 0.3) is 0 Å². The van der Waals surface area contributed by atoms with Gasteiger partial charge < -0.3 is 44.2 Å². The van der Waals surface area contributed by atoms with Crippen LogP contribution in [-0.2, 0) is 19.3 Å². The van der Waals surface area contributed by atoms with Gasteiger partial charge in [-0.15, -0.1) is 10.2 Å². The number of aryl methyl sites for hydroxylation is 1. The van der Waals surface area contributed by atoms with Crippen molar-refractivity contribution >= 4 is 64.3 Å². The minimum atomic E-state index is -0.341. The highest BCUT2D eigenvalue weighted by molar-refractivity contribution is 8.02. The summed E-state index contributed by atoms with van der Waals surface area (Å²) in [5, 5.41) is 42.7. The number of amides is 2. The third kappa shape index (κ3) is 36.2. The summed E-state index contributed by atoms with van der Waals surface area (Å²) in [6.07, 6.45) is 2.40. The molecular weight excluding hydrogens is 1170 g/mol. The van der Waals surface area contributed by atoms with Crippen LogP contribution in [0.4, 0.5) is 0 Å². The van der Waals surface area contributed by atoms with Gasteiger partial charge in [-0.25, -0.2) is 16.0 Å². The monoisotopic (exact) mass is 1270 g/mol. The highest BCUT2D eigenvalue weighted by atomic mass is 32.2. The van der Waals surface area contributed by atoms with E-state index in [1.54, 1.807) is 25.5 Å². The van der Waals surface area contributed by atoms with Gasteiger partial charge in [-0.2, -0.15) is 19.6 Å². The summed E-state index contributed by atoms with van der Waals surface area (Å²) < 4.78 is 19.4. The number of carbonyl (C=O) groups excluding carboxylic acids is 2. The van der Waals surface area contributed by atoms with Crippen LogP contribution in [0.15, 0.2) is 100 Å². The number of nitrogens with one attached hydrogen (secondary N) is 7. The zero-order valence-corrected chi connectivity index (χ0v) is 57.7. The van der Waals surface area contributed by atoms with Crippen molar-refractivity contribution in [1.29, 1.82) is 0 Å². The highest BCUT2D eigenvalue weighted by Gasteiger charge is 2.15. The van der Waals surface area contributed by atoms with Crippen LogP contribution in [0.5, 0.6) is 11.5 Å². The van der Waals surface area contributed by atoms with E-state index in [1.165, 1.54) is 41.3 Å². The topological polar surface area (TPSA) is 347 Å². The number of nitrogens with zero attached hydrogens (tertiary/aromatic N) is 8. The minimum absolute atomic E-state index is 0.0173. The Labute approximate surface area is 526 Å². The minimum Gasteiger partial charge on any atom is -0.505 e. The van der Waals surface area contributed by atoms with Crippen LogP contribution < -0.4 is 37.3 Å². The lowest BCUT2D eigenvalue weighted by Gasteiger charge is -2.01. The molecule has 0 saturated heterocycles. The number of hydrogen-bond acceptors (Lipinski definition) is 24. The van der Waals surface area contributed by atoms with Crippen molar-refractivity contribution < 1.29 is 38.4 Å². The molecule has 488 valence electrons. The van der Waals surface area contributed by atoms with Crippen LogP contribution in [0, 0.1) is 36.5 Å². The molecule has 0 aromatic carbocycles. The Hall–Kier alpha value is -7.59. The normalized spacial score (nSPS) is 12.5. The van der Waals surface area contributed by atoms with Crippen LogP contribution in [0.3, 0.4) is 0 Å². The Bertz CT molecular complexity index is 2870. The molecule has 25 nitrogen and oxygen atoms in total. The number of hydroxylamine groups is 2. The van der Waals surface area contributed by atoms with E-state index < -0.39 is 0 Å². The molecule has 8 rings (SSSR count). The molecule has 5 aromatic rings. The second kappa shape index (κ2) is 43.9. The summed E-state index contributed by atoms with van der Waals surface area (Å²) in [7, 11) is 3.28. The smallest absolute Gasteiger partial charge is 0.258 e. The third-order valence-electron chi connectivity index (χ3n) is 10.6. The van der Waals surface area contributed by atoms with Crippen molar-refractivity contribution in [3.8, 4) is 11.5 Å². The summed E-state index contributed by atoms with van der Waals surface area (Å²) in [5.41, 5.74) is 7.26. The van der Waals surface area contributed by atoms with E-state index in [0.29, 0.717) is 64.5 Å². The molecule has 0 aliphatic carbocycles. The Morgan fingerprint density at radius 2 is 1.15 bits per heavy atom. The summed E-state index contributed by atoms with van der Waals surface area (Å²) in [5.74, 6) is 8.72. The number of aromatic nitrogens is 7. The number of aliphatic imine (C=N–C) groups is 3. The largest absolute Gasteiger partial charge is 0.505 e. The summed E-state index contributed by atoms with van der Waals surface area (Å²) in [4.78, 5) is 65.2. The van der Waals surface area contributed by atoms with Gasteiger partial charge in [0.2, 0.25) is 29.0 Å². The zero-order chi connectivity index (χ0) is 67.3. The molecule has 0 atom stereocenters. The van der Waals surface area contributed by atoms with Gasteiger partial charge >= 0.3 is 0 Å². The molecule has 9 N–H and O–H groups in total. The Morgan fingerprint density at radius 3 is 1.34 bits per heavy atom. The van der Waals surface area contributed by atoms with E-state index >= 15 is 0 Å². The maximum absolute atomic E-state index is 11.1. The van der Waals surface area contributed by atoms with E-state index in [2.05, 4.69) is 137 Å². The van der Waals surface area contributed by atoms with Crippen LogP contribution in [0.2, 0.25) is 0 Å². The quantitative estimate of drug-likeness (QED) is 0.0587. The number of tetrazole rings is 1. The summed E-state index contributed by atoms with van der Waals surface area (Å²) in [6, 6.07) is 3.61. The first kappa shape index (κ1) is 81.5. The number of H-pyrrole nitrogens is 2. The van der Waals surface area contributed by atoms with E-state index in [9.17, 15) is 19.2 Å². The molecule has 5 aromatic heterocycles. The molecule has 0 fully saturated rings. The van der Waals surface area contributed by atoms with Gasteiger partial charge in [-0.3, -0.25) is 23.6 Å². The van der Waals surface area contributed by atoms with Gasteiger partial charge in [0.05, 0.1) is 23.0 Å². The Balaban J connectivity index is 0. The zero-order valence-electron chi connectivity index (χ0n) is 55.2. The first-order chi connectivity index (χ1) is 40.5. The molecule has 87 heavy (non-hydrogen) atoms. The van der Waals surface area contributed by atoms with Crippen molar-refractivity contribution in [1.82, 2.24) is 60.8 Å². The molecule has 2 amide bonds. The fourth-order valence-electron chi connectivity index (χ4n) is 5.31. The van der Waals surface area contributed by atoms with Crippen molar-refractivity contribution in [3.63, 3.8) is 0 Å². The van der Waals surface area contributed by atoms with Crippen LogP contribution in [0.1, 0.15) is 201 Å². The predicted octanol–water partition coefficient (Wildman–Crippen LogP) is 12.1. The summed E-state index contributed by atoms with van der Waals surface area (Å²) in [6.45, 7) is 52.5. The van der Waals surface area contributed by atoms with Crippen LogP contribution in [-0.4, -0.2) is 88.2 Å². The second-order valence-corrected chi connectivity index (χ2v) is 24.3. The first-order valence-electron chi connectivity index (χ1n) is 28.3. The highest BCUT2D eigenvalue weighted by Crippen LogP contribution is 2.25. The number of hydrogen-bond donors (Lipinski definition) is 9. The number of amidine groups is 3. The van der Waals surface area contributed by atoms with E-state index in [-0.39, 0.29) is 46.3 Å². The molecule has 0 radical (unpaired) electrons. The lowest BCUT2D eigenvalue weighted by molar-refractivity contribution is -0.124. The van der Waals surface area contributed by atoms with E-state index in [4.69, 9.17) is 28.8 Å². The fourth-order valence-corrected chi connectivity index (χ4v) is 7.33. The van der Waals surface area contributed by atoms with Crippen molar-refractivity contribution in [2.45, 2.75) is 175 Å². The lowest BCUT2D eigenvalue weighted by atomic mass is 10.1. The first-order valence-corrected chi connectivity index (χ1v) is 30.8. The molecule has 0 spiro atoms. The molecule has 3 aliphatic heterocycles. The van der Waals surface area contributed by atoms with Gasteiger partial charge in [0.15, 0.2) is 11.6 Å². The van der Waals surface area contributed by atoms with Gasteiger partial charge in [-0.1, -0.05) is 167 Å². The lowest BCUT2D eigenvalue weighted by Crippen LogP contribution is -2.22. The molecule has 0 bridgehead atoms. The van der Waals surface area contributed by atoms with Gasteiger partial charge in [0.25, 0.3) is 5.56 Å². The van der Waals surface area contributed by atoms with Crippen molar-refractivity contribution in [2.24, 2.45) is 44.6 Å². The number of rotatable bonds is 10. The predicted molar refractivity (Wildman–Crippen MR) is 352 cm³/mol. The number of aromatic amines is 2. The molecule has 8 heterocycles. The molecule has 3 aliphatic rings. The van der Waals surface area contributed by atoms with Gasteiger partial charge in [0, 0.05) is 96.0 Å². The Morgan fingerprint density at radius 1 is 0.632 bits per heavy atom. The van der Waals surface area contributed by atoms with Gasteiger partial charge in [0.1, 0.15) is 40.3 Å². The van der Waals surface area contributed by atoms with Gasteiger partial charge in [-0.05, 0) is 43.4 Å². The molecular formula is C59H99N15O10S3. The van der Waals surface area contributed by atoms with Crippen LogP contribution >= 0.6 is 35.0 Å². The number of aromatic hydroxyl groups is 2. The second-order valence-electron chi connectivity index (χ2n) is 21.9. The van der Waals surface area contributed by atoms with E-state index in [1.807, 2.05) is 110 Å². The Kier molecular flexibility index (Phi) is 41.1. The molecule has 0 unspecified atom stereocenters. The molecule has 0 saturated carbocycles. The number of carbonyl (C=O) groups is 2. The summed E-state index contributed by atoms with van der Waals surface area (Å²) >= 11 is 4.20. The maximum Gasteiger partial charge on any atom is 0.258 e. The SMILES string of the molecule is C=C1N=C(C(C)C)NO1.C=C1N=C(C(C)C)NO1.C=C1N=C(C(C)C)NS1.CC(C)c1cc(=O)[nH]s1.CC(C)c1cocc(O)c1=O.CC(C)c1nn[nH]n1.CC(C)c1nscc1O.CNC(=O)C(C)C.CNC(=O)C(C)C.Cc1cc(C(C)C)on1. The van der Waals surface area contributed by atoms with Crippen molar-refractivity contribution in [2.75, 3.05) is 14.1 Å². The third-order valence-corrected chi connectivity index (χ3v) is 13.0. The average molecular weight is 1270 g/mol.